The predicted octanol–water partition coefficient (Wildman–Crippen LogP) is 4.08. The van der Waals surface area contributed by atoms with Crippen LogP contribution in [0.25, 0.3) is 10.8 Å². The third-order valence-electron chi connectivity index (χ3n) is 3.77. The number of fused-ring (bicyclic) bond motifs is 1. The summed E-state index contributed by atoms with van der Waals surface area (Å²) >= 11 is 3.10. The third kappa shape index (κ3) is 2.72. The van der Waals surface area contributed by atoms with Crippen molar-refractivity contribution < 1.29 is 9.18 Å². The first-order chi connectivity index (χ1) is 11.0. The largest absolute Gasteiger partial charge is 0.300 e. The highest BCUT2D eigenvalue weighted by Gasteiger charge is 2.21. The third-order valence-corrected chi connectivity index (χ3v) is 4.38. The van der Waals surface area contributed by atoms with Crippen LogP contribution < -0.4 is 5.56 Å². The second-order valence-corrected chi connectivity index (χ2v) is 6.13. The number of hydrogen-bond acceptors (Lipinski definition) is 2. The molecule has 0 aliphatic heterocycles. The number of carbonyl (C=O) groups excluding carboxylic acids is 1. The summed E-state index contributed by atoms with van der Waals surface area (Å²) in [6, 6.07) is 13.1. The van der Waals surface area contributed by atoms with Crippen LogP contribution >= 0.6 is 15.9 Å². The van der Waals surface area contributed by atoms with E-state index >= 15 is 0 Å². The van der Waals surface area contributed by atoms with Gasteiger partial charge in [-0.25, -0.2) is 4.39 Å². The Morgan fingerprint density at radius 1 is 1.13 bits per heavy atom. The Bertz CT molecular complexity index is 950. The number of nitrogens with zero attached hydrogens (tertiary/aromatic N) is 1. The normalized spacial score (nSPS) is 12.3. The van der Waals surface area contributed by atoms with Crippen molar-refractivity contribution in [3.63, 3.8) is 0 Å². The molecule has 3 aromatic rings. The van der Waals surface area contributed by atoms with E-state index in [-0.39, 0.29) is 15.6 Å². The van der Waals surface area contributed by atoms with Gasteiger partial charge in [-0.3, -0.25) is 9.59 Å². The van der Waals surface area contributed by atoms with E-state index in [9.17, 15) is 14.0 Å². The van der Waals surface area contributed by atoms with Crippen molar-refractivity contribution in [1.82, 2.24) is 4.57 Å². The Hall–Kier alpha value is -2.27. The van der Waals surface area contributed by atoms with Crippen molar-refractivity contribution in [3.8, 4) is 0 Å². The standard InChI is InChI=1S/C18H13BrFNO2/c1-11(22)17(13-5-3-2-4-6-13)21-10-9-12-7-8-14(19)16(20)15(12)18(21)23/h2-10,17H,1H3. The molecule has 1 atom stereocenters. The molecule has 5 heteroatoms. The summed E-state index contributed by atoms with van der Waals surface area (Å²) in [7, 11) is 0. The quantitative estimate of drug-likeness (QED) is 0.693. The monoisotopic (exact) mass is 373 g/mol. The smallest absolute Gasteiger partial charge is 0.262 e. The fourth-order valence-corrected chi connectivity index (χ4v) is 3.04. The molecule has 1 unspecified atom stereocenters. The van der Waals surface area contributed by atoms with Crippen LogP contribution in [0, 0.1) is 5.82 Å². The number of benzene rings is 2. The van der Waals surface area contributed by atoms with Crippen LogP contribution in [0.5, 0.6) is 0 Å². The fourth-order valence-electron chi connectivity index (χ4n) is 2.71. The second kappa shape index (κ2) is 6.08. The van der Waals surface area contributed by atoms with E-state index in [0.717, 1.165) is 0 Å². The van der Waals surface area contributed by atoms with E-state index in [1.165, 1.54) is 17.7 Å². The Morgan fingerprint density at radius 3 is 2.48 bits per heavy atom. The first-order valence-corrected chi connectivity index (χ1v) is 7.84. The van der Waals surface area contributed by atoms with E-state index in [4.69, 9.17) is 0 Å². The van der Waals surface area contributed by atoms with Gasteiger partial charge in [0.25, 0.3) is 5.56 Å². The summed E-state index contributed by atoms with van der Waals surface area (Å²) in [6.45, 7) is 1.42. The number of pyridine rings is 1. The maximum atomic E-state index is 14.4. The average molecular weight is 374 g/mol. The van der Waals surface area contributed by atoms with E-state index in [1.807, 2.05) is 6.07 Å². The molecule has 0 N–H and O–H groups in total. The van der Waals surface area contributed by atoms with Gasteiger partial charge in [0, 0.05) is 6.20 Å². The lowest BCUT2D eigenvalue weighted by molar-refractivity contribution is -0.119. The molecule has 0 amide bonds. The maximum Gasteiger partial charge on any atom is 0.262 e. The molecule has 0 saturated heterocycles. The SMILES string of the molecule is CC(=O)C(c1ccccc1)n1ccc2ccc(Br)c(F)c2c1=O. The van der Waals surface area contributed by atoms with Gasteiger partial charge in [0.2, 0.25) is 0 Å². The van der Waals surface area contributed by atoms with Crippen LogP contribution in [0.4, 0.5) is 4.39 Å². The van der Waals surface area contributed by atoms with Gasteiger partial charge < -0.3 is 4.57 Å². The number of aromatic nitrogens is 1. The Morgan fingerprint density at radius 2 is 1.83 bits per heavy atom. The summed E-state index contributed by atoms with van der Waals surface area (Å²) in [5.41, 5.74) is 0.169. The molecule has 0 saturated carbocycles. The molecule has 0 aliphatic carbocycles. The minimum atomic E-state index is -0.772. The van der Waals surface area contributed by atoms with Crippen molar-refractivity contribution >= 4 is 32.5 Å². The molecule has 0 fully saturated rings. The van der Waals surface area contributed by atoms with Crippen LogP contribution in [-0.4, -0.2) is 10.4 Å². The zero-order valence-electron chi connectivity index (χ0n) is 12.3. The van der Waals surface area contributed by atoms with E-state index < -0.39 is 17.4 Å². The molecule has 3 rings (SSSR count). The zero-order chi connectivity index (χ0) is 16.6. The van der Waals surface area contributed by atoms with Crippen molar-refractivity contribution in [1.29, 1.82) is 0 Å². The van der Waals surface area contributed by atoms with Gasteiger partial charge in [-0.15, -0.1) is 0 Å². The van der Waals surface area contributed by atoms with Crippen LogP contribution in [-0.2, 0) is 4.79 Å². The minimum absolute atomic E-state index is 0.0240. The number of ketones is 1. The number of carbonyl (C=O) groups is 1. The molecule has 23 heavy (non-hydrogen) atoms. The van der Waals surface area contributed by atoms with Crippen LogP contribution in [0.3, 0.4) is 0 Å². The molecule has 0 aliphatic rings. The van der Waals surface area contributed by atoms with Gasteiger partial charge in [-0.05, 0) is 45.9 Å². The summed E-state index contributed by atoms with van der Waals surface area (Å²) in [5.74, 6) is -0.801. The number of rotatable bonds is 3. The lowest BCUT2D eigenvalue weighted by Gasteiger charge is -2.18. The Kier molecular flexibility index (Phi) is 4.13. The summed E-state index contributed by atoms with van der Waals surface area (Å²) in [6.07, 6.45) is 1.54. The molecule has 3 nitrogen and oxygen atoms in total. The molecule has 1 heterocycles. The van der Waals surface area contributed by atoms with Crippen LogP contribution in [0.1, 0.15) is 18.5 Å². The van der Waals surface area contributed by atoms with Crippen molar-refractivity contribution in [2.24, 2.45) is 0 Å². The molecule has 116 valence electrons. The first-order valence-electron chi connectivity index (χ1n) is 7.05. The molecule has 2 aromatic carbocycles. The second-order valence-electron chi connectivity index (χ2n) is 5.28. The summed E-state index contributed by atoms with van der Waals surface area (Å²) in [5, 5.41) is 0.478. The van der Waals surface area contributed by atoms with Gasteiger partial charge in [-0.2, -0.15) is 0 Å². The highest BCUT2D eigenvalue weighted by molar-refractivity contribution is 9.10. The average Bonchev–Trinajstić information content (AvgIpc) is 2.54. The number of halogens is 2. The lowest BCUT2D eigenvalue weighted by atomic mass is 10.0. The van der Waals surface area contributed by atoms with Crippen LogP contribution in [0.2, 0.25) is 0 Å². The molecule has 0 spiro atoms. The lowest BCUT2D eigenvalue weighted by Crippen LogP contribution is -2.29. The summed E-state index contributed by atoms with van der Waals surface area (Å²) in [4.78, 5) is 24.9. The zero-order valence-corrected chi connectivity index (χ0v) is 13.9. The Labute approximate surface area is 140 Å². The van der Waals surface area contributed by atoms with Crippen molar-refractivity contribution in [2.45, 2.75) is 13.0 Å². The molecule has 0 bridgehead atoms. The van der Waals surface area contributed by atoms with Crippen molar-refractivity contribution in [3.05, 3.63) is 80.9 Å². The Balaban J connectivity index is 2.31. The van der Waals surface area contributed by atoms with E-state index in [1.54, 1.807) is 42.5 Å². The van der Waals surface area contributed by atoms with Crippen LogP contribution in [0.15, 0.2) is 64.0 Å². The van der Waals surface area contributed by atoms with Gasteiger partial charge in [0.15, 0.2) is 11.6 Å². The highest BCUT2D eigenvalue weighted by Crippen LogP contribution is 2.24. The number of Topliss-reactive ketones (excluding diaryl/α,β-unsaturated/α-hetero) is 1. The molecule has 1 aromatic heterocycles. The molecule has 0 radical (unpaired) electrons. The predicted molar refractivity (Wildman–Crippen MR) is 91.1 cm³/mol. The van der Waals surface area contributed by atoms with Crippen molar-refractivity contribution in [2.75, 3.05) is 0 Å². The van der Waals surface area contributed by atoms with E-state index in [2.05, 4.69) is 15.9 Å². The van der Waals surface area contributed by atoms with Gasteiger partial charge >= 0.3 is 0 Å². The molecular formula is C18H13BrFNO2. The van der Waals surface area contributed by atoms with Gasteiger partial charge in [0.1, 0.15) is 6.04 Å². The summed E-state index contributed by atoms with van der Waals surface area (Å²) < 4.78 is 15.9. The maximum absolute atomic E-state index is 14.4. The van der Waals surface area contributed by atoms with E-state index in [0.29, 0.717) is 10.9 Å². The number of hydrogen-bond donors (Lipinski definition) is 0. The highest BCUT2D eigenvalue weighted by atomic mass is 79.9. The molecular weight excluding hydrogens is 361 g/mol. The van der Waals surface area contributed by atoms with Gasteiger partial charge in [0.05, 0.1) is 9.86 Å². The fraction of sp³-hybridized carbons (Fsp3) is 0.111. The first kappa shape index (κ1) is 15.6. The topological polar surface area (TPSA) is 39.1 Å². The van der Waals surface area contributed by atoms with Gasteiger partial charge in [-0.1, -0.05) is 36.4 Å². The minimum Gasteiger partial charge on any atom is -0.300 e.